The maximum Gasteiger partial charge on any atom is 0.0150 e. The SMILES string of the molecule is CC.CN1CCCCCC1(C)C. The summed E-state index contributed by atoms with van der Waals surface area (Å²) in [5.41, 5.74) is 0.455. The summed E-state index contributed by atoms with van der Waals surface area (Å²) in [6.45, 7) is 9.98. The van der Waals surface area contributed by atoms with E-state index in [0.717, 1.165) is 0 Å². The number of nitrogens with zero attached hydrogens (tertiary/aromatic N) is 1. The van der Waals surface area contributed by atoms with Gasteiger partial charge in [-0.1, -0.05) is 26.7 Å². The van der Waals surface area contributed by atoms with Crippen LogP contribution in [0.3, 0.4) is 0 Å². The fourth-order valence-corrected chi connectivity index (χ4v) is 1.58. The number of hydrogen-bond acceptors (Lipinski definition) is 1. The maximum absolute atomic E-state index is 2.49. The molecule has 0 aromatic heterocycles. The summed E-state index contributed by atoms with van der Waals surface area (Å²) in [7, 11) is 2.24. The molecule has 0 aromatic carbocycles. The monoisotopic (exact) mass is 171 g/mol. The molecule has 0 radical (unpaired) electrons. The summed E-state index contributed by atoms with van der Waals surface area (Å²) in [4.78, 5) is 2.49. The van der Waals surface area contributed by atoms with Crippen molar-refractivity contribution >= 4 is 0 Å². The second kappa shape index (κ2) is 5.58. The van der Waals surface area contributed by atoms with Crippen molar-refractivity contribution in [3.05, 3.63) is 0 Å². The average Bonchev–Trinajstić information content (AvgIpc) is 2.19. The van der Waals surface area contributed by atoms with Crippen LogP contribution in [0.1, 0.15) is 53.4 Å². The Labute approximate surface area is 78.1 Å². The van der Waals surface area contributed by atoms with E-state index in [1.54, 1.807) is 0 Å². The molecule has 0 bridgehead atoms. The third-order valence-corrected chi connectivity index (χ3v) is 2.82. The lowest BCUT2D eigenvalue weighted by Gasteiger charge is -2.33. The molecule has 0 atom stereocenters. The Morgan fingerprint density at radius 1 is 1.00 bits per heavy atom. The van der Waals surface area contributed by atoms with Crippen LogP contribution in [-0.2, 0) is 0 Å². The van der Waals surface area contributed by atoms with Crippen molar-refractivity contribution < 1.29 is 0 Å². The second-order valence-electron chi connectivity index (χ2n) is 4.04. The number of likely N-dealkylation sites (tertiary alicyclic amines) is 1. The Bertz CT molecular complexity index is 108. The third kappa shape index (κ3) is 3.57. The van der Waals surface area contributed by atoms with Crippen molar-refractivity contribution in [3.63, 3.8) is 0 Å². The van der Waals surface area contributed by atoms with E-state index in [2.05, 4.69) is 25.8 Å². The first-order chi connectivity index (χ1) is 5.63. The van der Waals surface area contributed by atoms with E-state index in [-0.39, 0.29) is 0 Å². The van der Waals surface area contributed by atoms with E-state index < -0.39 is 0 Å². The van der Waals surface area contributed by atoms with E-state index in [1.165, 1.54) is 32.2 Å². The molecule has 1 heterocycles. The zero-order valence-corrected chi connectivity index (χ0v) is 9.48. The van der Waals surface area contributed by atoms with Crippen LogP contribution < -0.4 is 0 Å². The first kappa shape index (κ1) is 12.0. The van der Waals surface area contributed by atoms with Gasteiger partial charge in [-0.2, -0.15) is 0 Å². The predicted octanol–water partition coefficient (Wildman–Crippen LogP) is 3.30. The smallest absolute Gasteiger partial charge is 0.0150 e. The van der Waals surface area contributed by atoms with Crippen LogP contribution in [0, 0.1) is 0 Å². The molecular weight excluding hydrogens is 146 g/mol. The first-order valence-electron chi connectivity index (χ1n) is 5.34. The molecule has 1 heteroatoms. The molecule has 1 nitrogen and oxygen atoms in total. The molecule has 1 aliphatic heterocycles. The largest absolute Gasteiger partial charge is 0.301 e. The van der Waals surface area contributed by atoms with Gasteiger partial charge < -0.3 is 4.90 Å². The molecule has 12 heavy (non-hydrogen) atoms. The highest BCUT2D eigenvalue weighted by atomic mass is 15.2. The lowest BCUT2D eigenvalue weighted by molar-refractivity contribution is 0.159. The van der Waals surface area contributed by atoms with Gasteiger partial charge in [-0.05, 0) is 40.3 Å². The predicted molar refractivity (Wildman–Crippen MR) is 56.5 cm³/mol. The highest BCUT2D eigenvalue weighted by Gasteiger charge is 2.24. The van der Waals surface area contributed by atoms with Crippen LogP contribution in [0.25, 0.3) is 0 Å². The summed E-state index contributed by atoms with van der Waals surface area (Å²) in [5, 5.41) is 0. The molecule has 0 aromatic rings. The molecule has 1 rings (SSSR count). The molecule has 0 unspecified atom stereocenters. The Hall–Kier alpha value is -0.0400. The Morgan fingerprint density at radius 3 is 2.17 bits per heavy atom. The fraction of sp³-hybridized carbons (Fsp3) is 1.00. The van der Waals surface area contributed by atoms with Gasteiger partial charge in [0.2, 0.25) is 0 Å². The van der Waals surface area contributed by atoms with Crippen LogP contribution >= 0.6 is 0 Å². The lowest BCUT2D eigenvalue weighted by Crippen LogP contribution is -2.40. The van der Waals surface area contributed by atoms with E-state index in [0.29, 0.717) is 5.54 Å². The zero-order chi connectivity index (χ0) is 9.61. The summed E-state index contributed by atoms with van der Waals surface area (Å²) in [6, 6.07) is 0. The number of rotatable bonds is 0. The van der Waals surface area contributed by atoms with Gasteiger partial charge in [0.05, 0.1) is 0 Å². The highest BCUT2D eigenvalue weighted by molar-refractivity contribution is 4.81. The second-order valence-corrected chi connectivity index (χ2v) is 4.04. The van der Waals surface area contributed by atoms with Crippen molar-refractivity contribution in [1.82, 2.24) is 4.90 Å². The molecule has 0 aliphatic carbocycles. The molecule has 1 fully saturated rings. The van der Waals surface area contributed by atoms with Gasteiger partial charge in [0.15, 0.2) is 0 Å². The van der Waals surface area contributed by atoms with Crippen molar-refractivity contribution in [2.24, 2.45) is 0 Å². The van der Waals surface area contributed by atoms with Crippen molar-refractivity contribution in [3.8, 4) is 0 Å². The van der Waals surface area contributed by atoms with E-state index in [9.17, 15) is 0 Å². The molecule has 1 aliphatic rings. The van der Waals surface area contributed by atoms with Crippen molar-refractivity contribution in [2.75, 3.05) is 13.6 Å². The molecule has 0 N–H and O–H groups in total. The molecular formula is C11H25N. The van der Waals surface area contributed by atoms with Crippen LogP contribution in [0.15, 0.2) is 0 Å². The summed E-state index contributed by atoms with van der Waals surface area (Å²) in [5.74, 6) is 0. The van der Waals surface area contributed by atoms with Crippen molar-refractivity contribution in [2.45, 2.75) is 58.9 Å². The van der Waals surface area contributed by atoms with Gasteiger partial charge >= 0.3 is 0 Å². The van der Waals surface area contributed by atoms with Crippen LogP contribution in [-0.4, -0.2) is 24.0 Å². The topological polar surface area (TPSA) is 3.24 Å². The summed E-state index contributed by atoms with van der Waals surface area (Å²) < 4.78 is 0. The van der Waals surface area contributed by atoms with E-state index in [1.807, 2.05) is 13.8 Å². The fourth-order valence-electron chi connectivity index (χ4n) is 1.58. The van der Waals surface area contributed by atoms with Crippen LogP contribution in [0.5, 0.6) is 0 Å². The molecule has 0 saturated carbocycles. The van der Waals surface area contributed by atoms with Crippen molar-refractivity contribution in [1.29, 1.82) is 0 Å². The van der Waals surface area contributed by atoms with Crippen LogP contribution in [0.2, 0.25) is 0 Å². The molecule has 0 spiro atoms. The Kier molecular flexibility index (Phi) is 5.56. The van der Waals surface area contributed by atoms with E-state index >= 15 is 0 Å². The molecule has 74 valence electrons. The van der Waals surface area contributed by atoms with Gasteiger partial charge in [-0.25, -0.2) is 0 Å². The summed E-state index contributed by atoms with van der Waals surface area (Å²) in [6.07, 6.45) is 5.59. The third-order valence-electron chi connectivity index (χ3n) is 2.82. The Balaban J connectivity index is 0.000000561. The quantitative estimate of drug-likeness (QED) is 0.540. The zero-order valence-electron chi connectivity index (χ0n) is 9.48. The average molecular weight is 171 g/mol. The highest BCUT2D eigenvalue weighted by Crippen LogP contribution is 2.24. The Morgan fingerprint density at radius 2 is 1.58 bits per heavy atom. The lowest BCUT2D eigenvalue weighted by atomic mass is 9.98. The first-order valence-corrected chi connectivity index (χ1v) is 5.34. The molecule has 0 amide bonds. The minimum atomic E-state index is 0.455. The number of hydrogen-bond donors (Lipinski definition) is 0. The standard InChI is InChI=1S/C9H19N.C2H6/c1-9(2)7-5-4-6-8-10(9)3;1-2/h4-8H2,1-3H3;1-2H3. The van der Waals surface area contributed by atoms with Gasteiger partial charge in [0.1, 0.15) is 0 Å². The normalized spacial score (nSPS) is 23.8. The van der Waals surface area contributed by atoms with Gasteiger partial charge in [0, 0.05) is 5.54 Å². The summed E-state index contributed by atoms with van der Waals surface area (Å²) >= 11 is 0. The minimum absolute atomic E-state index is 0.455. The minimum Gasteiger partial charge on any atom is -0.301 e. The van der Waals surface area contributed by atoms with Gasteiger partial charge in [-0.15, -0.1) is 0 Å². The van der Waals surface area contributed by atoms with Crippen LogP contribution in [0.4, 0.5) is 0 Å². The maximum atomic E-state index is 2.49. The van der Waals surface area contributed by atoms with Gasteiger partial charge in [0.25, 0.3) is 0 Å². The van der Waals surface area contributed by atoms with E-state index in [4.69, 9.17) is 0 Å². The molecule has 1 saturated heterocycles. The van der Waals surface area contributed by atoms with Gasteiger partial charge in [-0.3, -0.25) is 0 Å².